The van der Waals surface area contributed by atoms with Crippen LogP contribution in [-0.2, 0) is 19.8 Å². The van der Waals surface area contributed by atoms with Crippen LogP contribution in [0.3, 0.4) is 0 Å². The van der Waals surface area contributed by atoms with Crippen LogP contribution in [0.4, 0.5) is 5.69 Å². The van der Waals surface area contributed by atoms with Crippen LogP contribution in [0.5, 0.6) is 0 Å². The molecule has 3 N–H and O–H groups in total. The molecule has 0 aromatic heterocycles. The van der Waals surface area contributed by atoms with Gasteiger partial charge >= 0.3 is 10.2 Å². The quantitative estimate of drug-likeness (QED) is 0.594. The van der Waals surface area contributed by atoms with E-state index >= 15 is 0 Å². The molecule has 0 radical (unpaired) electrons. The summed E-state index contributed by atoms with van der Waals surface area (Å²) in [5.41, 5.74) is 6.41. The lowest BCUT2D eigenvalue weighted by Crippen LogP contribution is -2.63. The maximum absolute atomic E-state index is 13.5. The number of carbonyl (C=O) groups excluding carboxylic acids is 2. The van der Waals surface area contributed by atoms with Gasteiger partial charge in [0.2, 0.25) is 11.8 Å². The number of hydrogen-bond acceptors (Lipinski definition) is 4. The average molecular weight is 544 g/mol. The van der Waals surface area contributed by atoms with E-state index in [0.29, 0.717) is 18.8 Å². The van der Waals surface area contributed by atoms with Gasteiger partial charge in [0.05, 0.1) is 22.3 Å². The summed E-state index contributed by atoms with van der Waals surface area (Å²) >= 11 is 12.8. The first kappa shape index (κ1) is 25.1. The van der Waals surface area contributed by atoms with E-state index in [2.05, 4.69) is 5.32 Å². The first-order chi connectivity index (χ1) is 16.4. The van der Waals surface area contributed by atoms with E-state index in [1.54, 1.807) is 12.1 Å². The Bertz CT molecular complexity index is 1140. The van der Waals surface area contributed by atoms with Crippen molar-refractivity contribution < 1.29 is 18.0 Å². The predicted molar refractivity (Wildman–Crippen MR) is 135 cm³/mol. The molecule has 4 bridgehead atoms. The molecule has 6 rings (SSSR count). The molecule has 5 fully saturated rings. The van der Waals surface area contributed by atoms with Crippen molar-refractivity contribution in [2.75, 3.05) is 23.9 Å². The van der Waals surface area contributed by atoms with Crippen molar-refractivity contribution in [2.45, 2.75) is 52.0 Å². The molecule has 3 atom stereocenters. The minimum absolute atomic E-state index is 0.0311. The number of primary amides is 1. The number of anilines is 1. The molecule has 1 aromatic carbocycles. The molecule has 5 aliphatic rings. The second-order valence-corrected chi connectivity index (χ2v) is 13.9. The van der Waals surface area contributed by atoms with Gasteiger partial charge in [-0.05, 0) is 80.4 Å². The van der Waals surface area contributed by atoms with Gasteiger partial charge in [-0.1, -0.05) is 30.1 Å². The number of benzene rings is 1. The van der Waals surface area contributed by atoms with Gasteiger partial charge in [0, 0.05) is 24.5 Å². The van der Waals surface area contributed by atoms with E-state index < -0.39 is 15.6 Å². The molecule has 4 aliphatic carbocycles. The lowest BCUT2D eigenvalue weighted by Gasteiger charge is -2.58. The summed E-state index contributed by atoms with van der Waals surface area (Å²) in [6.45, 7) is 3.96. The Hall–Kier alpha value is -1.55. The fourth-order valence-corrected chi connectivity index (χ4v) is 10.0. The van der Waals surface area contributed by atoms with Crippen molar-refractivity contribution >= 4 is 50.9 Å². The Balaban J connectivity index is 1.32. The summed E-state index contributed by atoms with van der Waals surface area (Å²) < 4.78 is 29.5. The van der Waals surface area contributed by atoms with Crippen molar-refractivity contribution in [3.8, 4) is 0 Å². The number of aryl methyl sites for hydroxylation is 1. The summed E-state index contributed by atoms with van der Waals surface area (Å²) in [6.07, 6.45) is 4.23. The zero-order chi connectivity index (χ0) is 25.3. The maximum atomic E-state index is 13.5. The third-order valence-electron chi connectivity index (χ3n) is 8.45. The van der Waals surface area contributed by atoms with Crippen LogP contribution in [0.15, 0.2) is 12.1 Å². The largest absolute Gasteiger partial charge is 0.369 e. The van der Waals surface area contributed by atoms with Gasteiger partial charge in [0.15, 0.2) is 0 Å². The summed E-state index contributed by atoms with van der Waals surface area (Å²) in [5, 5.41) is 3.65. The minimum Gasteiger partial charge on any atom is -0.369 e. The molecule has 1 saturated heterocycles. The second-order valence-electron chi connectivity index (χ2n) is 11.2. The number of amides is 2. The van der Waals surface area contributed by atoms with Crippen molar-refractivity contribution in [1.82, 2.24) is 9.62 Å². The van der Waals surface area contributed by atoms with Crippen LogP contribution >= 0.6 is 23.2 Å². The van der Waals surface area contributed by atoms with E-state index in [4.69, 9.17) is 28.9 Å². The molecule has 35 heavy (non-hydrogen) atoms. The van der Waals surface area contributed by atoms with Crippen LogP contribution in [0.1, 0.15) is 44.6 Å². The Labute approximate surface area is 216 Å². The van der Waals surface area contributed by atoms with Gasteiger partial charge in [-0.25, -0.2) is 0 Å². The number of hydrogen-bond donors (Lipinski definition) is 2. The lowest BCUT2D eigenvalue weighted by molar-refractivity contribution is -0.147. The number of nitrogens with one attached hydrogen (secondary N) is 1. The van der Waals surface area contributed by atoms with Crippen LogP contribution in [0.2, 0.25) is 10.0 Å². The van der Waals surface area contributed by atoms with E-state index in [9.17, 15) is 18.0 Å². The van der Waals surface area contributed by atoms with Crippen molar-refractivity contribution in [3.05, 3.63) is 27.7 Å². The van der Waals surface area contributed by atoms with Crippen LogP contribution in [-0.4, -0.2) is 50.2 Å². The average Bonchev–Trinajstić information content (AvgIpc) is 2.73. The highest BCUT2D eigenvalue weighted by atomic mass is 35.5. The molecule has 192 valence electrons. The number of rotatable bonds is 5. The Morgan fingerprint density at radius 2 is 1.71 bits per heavy atom. The third-order valence-corrected chi connectivity index (χ3v) is 10.8. The van der Waals surface area contributed by atoms with E-state index in [1.807, 2.05) is 13.8 Å². The molecule has 1 aromatic rings. The first-order valence-electron chi connectivity index (χ1n) is 12.2. The van der Waals surface area contributed by atoms with Crippen LogP contribution in [0, 0.1) is 36.0 Å². The number of nitrogens with two attached hydrogens (primary N) is 1. The van der Waals surface area contributed by atoms with E-state index in [-0.39, 0.29) is 71.0 Å². The van der Waals surface area contributed by atoms with Crippen molar-refractivity contribution in [1.29, 1.82) is 0 Å². The normalized spacial score (nSPS) is 35.8. The minimum atomic E-state index is -4.01. The summed E-state index contributed by atoms with van der Waals surface area (Å²) in [7, 11) is -4.01. The Kier molecular flexibility index (Phi) is 6.30. The topological polar surface area (TPSA) is 113 Å². The fourth-order valence-electron chi connectivity index (χ4n) is 7.25. The highest BCUT2D eigenvalue weighted by molar-refractivity contribution is 7.90. The van der Waals surface area contributed by atoms with Gasteiger partial charge in [-0.3, -0.25) is 13.9 Å². The Morgan fingerprint density at radius 3 is 2.29 bits per heavy atom. The van der Waals surface area contributed by atoms with E-state index in [1.165, 1.54) is 8.61 Å². The SMILES string of the molecule is Cc1cc(Cl)c(N2CC(C)CN(CC(=O)NC3C4CC5CC3CC(C(N)=O)(C5)C4)S2(=O)=O)c(Cl)c1. The molecule has 11 heteroatoms. The molecule has 4 saturated carbocycles. The second kappa shape index (κ2) is 8.78. The van der Waals surface area contributed by atoms with Gasteiger partial charge in [0.1, 0.15) is 0 Å². The fraction of sp³-hybridized carbons (Fsp3) is 0.667. The predicted octanol–water partition coefficient (Wildman–Crippen LogP) is 3.10. The highest BCUT2D eigenvalue weighted by Gasteiger charge is 2.58. The molecular weight excluding hydrogens is 511 g/mol. The summed E-state index contributed by atoms with van der Waals surface area (Å²) in [4.78, 5) is 25.4. The highest BCUT2D eigenvalue weighted by Crippen LogP contribution is 2.59. The third kappa shape index (κ3) is 4.32. The molecule has 8 nitrogen and oxygen atoms in total. The number of halogens is 2. The van der Waals surface area contributed by atoms with Crippen LogP contribution in [0.25, 0.3) is 0 Å². The molecule has 2 amide bonds. The molecule has 3 unspecified atom stereocenters. The zero-order valence-corrected chi connectivity index (χ0v) is 22.3. The standard InChI is InChI=1S/C24H32Cl2N4O4S/c1-13-3-18(25)22(19(26)4-13)30-11-14(2)10-29(35(30,33)34)12-20(31)28-21-16-5-15-6-17(21)9-24(7-15,8-16)23(27)32/h3-4,14-17,21H,5-12H2,1-2H3,(H2,27,32)(H,28,31). The van der Waals surface area contributed by atoms with E-state index in [0.717, 1.165) is 24.8 Å². The molecular formula is C24H32Cl2N4O4S. The monoisotopic (exact) mass is 542 g/mol. The summed E-state index contributed by atoms with van der Waals surface area (Å²) in [5.74, 6) is 0.316. The Morgan fingerprint density at radius 1 is 1.11 bits per heavy atom. The van der Waals surface area contributed by atoms with Gasteiger partial charge < -0.3 is 11.1 Å². The zero-order valence-electron chi connectivity index (χ0n) is 20.0. The summed E-state index contributed by atoms with van der Waals surface area (Å²) in [6, 6.07) is 3.31. The van der Waals surface area contributed by atoms with Gasteiger partial charge in [-0.15, -0.1) is 0 Å². The smallest absolute Gasteiger partial charge is 0.304 e. The van der Waals surface area contributed by atoms with Gasteiger partial charge in [0.25, 0.3) is 0 Å². The number of nitrogens with zero attached hydrogens (tertiary/aromatic N) is 2. The van der Waals surface area contributed by atoms with Crippen molar-refractivity contribution in [3.63, 3.8) is 0 Å². The first-order valence-corrected chi connectivity index (χ1v) is 14.4. The lowest BCUT2D eigenvalue weighted by atomic mass is 9.47. The van der Waals surface area contributed by atoms with Crippen molar-refractivity contribution in [2.24, 2.45) is 34.8 Å². The van der Waals surface area contributed by atoms with Gasteiger partial charge in [-0.2, -0.15) is 12.7 Å². The maximum Gasteiger partial charge on any atom is 0.304 e. The molecule has 1 aliphatic heterocycles. The van der Waals surface area contributed by atoms with Crippen LogP contribution < -0.4 is 15.4 Å². The molecule has 0 spiro atoms. The molecule has 1 heterocycles. The number of carbonyl (C=O) groups is 2.